The molecule has 1 aliphatic heterocycles. The van der Waals surface area contributed by atoms with Gasteiger partial charge in [0.15, 0.2) is 5.78 Å². The van der Waals surface area contributed by atoms with Gasteiger partial charge in [0.2, 0.25) is 11.8 Å². The number of amides is 2. The number of benzene rings is 1. The molecule has 2 aliphatic rings. The fourth-order valence-electron chi connectivity index (χ4n) is 2.43. The van der Waals surface area contributed by atoms with E-state index < -0.39 is 10.7 Å². The van der Waals surface area contributed by atoms with Crippen LogP contribution >= 0.6 is 0 Å². The van der Waals surface area contributed by atoms with Crippen molar-refractivity contribution < 1.29 is 19.3 Å². The molecule has 0 bridgehead atoms. The number of Topliss-reactive ketones (excluding diaryl/α,β-unsaturated/α-hetero) is 1. The third-order valence-electron chi connectivity index (χ3n) is 3.64. The van der Waals surface area contributed by atoms with E-state index in [1.54, 1.807) is 0 Å². The lowest BCUT2D eigenvalue weighted by molar-refractivity contribution is -0.384. The van der Waals surface area contributed by atoms with Gasteiger partial charge in [0.1, 0.15) is 0 Å². The molecule has 3 rings (SSSR count). The van der Waals surface area contributed by atoms with Gasteiger partial charge in [0.25, 0.3) is 5.69 Å². The van der Waals surface area contributed by atoms with Crippen LogP contribution in [0, 0.1) is 22.0 Å². The van der Waals surface area contributed by atoms with E-state index >= 15 is 0 Å². The summed E-state index contributed by atoms with van der Waals surface area (Å²) < 4.78 is 0. The first kappa shape index (κ1) is 12.5. The summed E-state index contributed by atoms with van der Waals surface area (Å²) in [5, 5.41) is 10.6. The average molecular weight is 274 g/mol. The summed E-state index contributed by atoms with van der Waals surface area (Å²) in [4.78, 5) is 46.5. The lowest BCUT2D eigenvalue weighted by atomic mass is 10.1. The minimum atomic E-state index is -0.599. The number of imide groups is 1. The van der Waals surface area contributed by atoms with Crippen molar-refractivity contribution in [1.82, 2.24) is 4.90 Å². The van der Waals surface area contributed by atoms with E-state index in [4.69, 9.17) is 0 Å². The van der Waals surface area contributed by atoms with Crippen molar-refractivity contribution in [2.75, 3.05) is 6.54 Å². The minimum absolute atomic E-state index is 0.125. The minimum Gasteiger partial charge on any atom is -0.292 e. The topological polar surface area (TPSA) is 97.6 Å². The van der Waals surface area contributed by atoms with Crippen LogP contribution in [0.4, 0.5) is 5.69 Å². The van der Waals surface area contributed by atoms with Crippen LogP contribution in [0.2, 0.25) is 0 Å². The lowest BCUT2D eigenvalue weighted by Gasteiger charge is -2.15. The number of hydrogen-bond donors (Lipinski definition) is 0. The fraction of sp³-hybridized carbons (Fsp3) is 0.308. The first-order chi connectivity index (χ1) is 9.49. The number of nitro groups is 1. The second kappa shape index (κ2) is 4.22. The van der Waals surface area contributed by atoms with E-state index in [0.717, 1.165) is 11.0 Å². The molecule has 2 fully saturated rings. The van der Waals surface area contributed by atoms with Gasteiger partial charge < -0.3 is 0 Å². The van der Waals surface area contributed by atoms with Gasteiger partial charge in [-0.3, -0.25) is 29.4 Å². The molecule has 1 aromatic rings. The predicted octanol–water partition coefficient (Wildman–Crippen LogP) is 0.782. The number of carbonyl (C=O) groups excluding carboxylic acids is 3. The first-order valence-electron chi connectivity index (χ1n) is 6.12. The zero-order valence-corrected chi connectivity index (χ0v) is 10.3. The lowest BCUT2D eigenvalue weighted by Crippen LogP contribution is -2.37. The molecule has 2 atom stereocenters. The van der Waals surface area contributed by atoms with Crippen LogP contribution in [0.5, 0.6) is 0 Å². The molecule has 2 unspecified atom stereocenters. The second-order valence-corrected chi connectivity index (χ2v) is 4.94. The van der Waals surface area contributed by atoms with Crippen molar-refractivity contribution in [2.45, 2.75) is 6.42 Å². The molecule has 1 saturated heterocycles. The highest BCUT2D eigenvalue weighted by molar-refractivity contribution is 6.12. The summed E-state index contributed by atoms with van der Waals surface area (Å²) in [6, 6.07) is 5.25. The predicted molar refractivity (Wildman–Crippen MR) is 65.7 cm³/mol. The molecule has 1 heterocycles. The number of non-ortho nitro benzene ring substituents is 1. The van der Waals surface area contributed by atoms with Crippen LogP contribution in [0.25, 0.3) is 0 Å². The summed E-state index contributed by atoms with van der Waals surface area (Å²) in [6.45, 7) is -0.341. The van der Waals surface area contributed by atoms with Crippen LogP contribution in [0.15, 0.2) is 24.3 Å². The normalized spacial score (nSPS) is 23.7. The molecule has 1 aliphatic carbocycles. The van der Waals surface area contributed by atoms with Crippen LogP contribution in [0.3, 0.4) is 0 Å². The maximum absolute atomic E-state index is 12.0. The van der Waals surface area contributed by atoms with E-state index in [0.29, 0.717) is 6.42 Å². The maximum atomic E-state index is 12.0. The summed E-state index contributed by atoms with van der Waals surface area (Å²) in [5.74, 6) is -1.59. The Morgan fingerprint density at radius 3 is 2.55 bits per heavy atom. The Labute approximate surface area is 113 Å². The van der Waals surface area contributed by atoms with Crippen molar-refractivity contribution in [1.29, 1.82) is 0 Å². The van der Waals surface area contributed by atoms with Crippen molar-refractivity contribution in [3.8, 4) is 0 Å². The van der Waals surface area contributed by atoms with Gasteiger partial charge in [-0.05, 0) is 6.42 Å². The molecular formula is C13H10N2O5. The fourth-order valence-corrected chi connectivity index (χ4v) is 2.43. The number of fused-ring (bicyclic) bond motifs is 1. The quantitative estimate of drug-likeness (QED) is 0.350. The number of nitrogens with zero attached hydrogens (tertiary/aromatic N) is 2. The highest BCUT2D eigenvalue weighted by Gasteiger charge is 2.58. The molecule has 1 saturated carbocycles. The van der Waals surface area contributed by atoms with Crippen molar-refractivity contribution in [3.63, 3.8) is 0 Å². The molecule has 7 nitrogen and oxygen atoms in total. The van der Waals surface area contributed by atoms with E-state index in [2.05, 4.69) is 0 Å². The first-order valence-corrected chi connectivity index (χ1v) is 6.12. The standard InChI is InChI=1S/C13H10N2O5/c16-11(7-2-1-3-8(4-7)15(19)20)6-14-12(17)9-5-10(9)13(14)18/h1-4,9-10H,5-6H2. The maximum Gasteiger partial charge on any atom is 0.270 e. The van der Waals surface area contributed by atoms with E-state index in [1.807, 2.05) is 0 Å². The SMILES string of the molecule is O=C(CN1C(=O)C2CC2C1=O)c1cccc([N+](=O)[O-])c1. The van der Waals surface area contributed by atoms with Gasteiger partial charge in [-0.2, -0.15) is 0 Å². The smallest absolute Gasteiger partial charge is 0.270 e. The summed E-state index contributed by atoms with van der Waals surface area (Å²) in [6.07, 6.45) is 0.583. The Morgan fingerprint density at radius 2 is 1.95 bits per heavy atom. The monoisotopic (exact) mass is 274 g/mol. The molecule has 0 aromatic heterocycles. The summed E-state index contributed by atoms with van der Waals surface area (Å²) >= 11 is 0. The Morgan fingerprint density at radius 1 is 1.30 bits per heavy atom. The third kappa shape index (κ3) is 1.87. The van der Waals surface area contributed by atoms with E-state index in [1.165, 1.54) is 18.2 Å². The number of carbonyl (C=O) groups is 3. The molecule has 20 heavy (non-hydrogen) atoms. The van der Waals surface area contributed by atoms with Gasteiger partial charge in [-0.15, -0.1) is 0 Å². The second-order valence-electron chi connectivity index (χ2n) is 4.94. The molecule has 102 valence electrons. The number of rotatable bonds is 4. The Balaban J connectivity index is 1.77. The van der Waals surface area contributed by atoms with Crippen LogP contribution in [-0.4, -0.2) is 34.0 Å². The van der Waals surface area contributed by atoms with E-state index in [9.17, 15) is 24.5 Å². The third-order valence-corrected chi connectivity index (χ3v) is 3.64. The Kier molecular flexibility index (Phi) is 2.63. The zero-order valence-electron chi connectivity index (χ0n) is 10.3. The van der Waals surface area contributed by atoms with Crippen LogP contribution in [-0.2, 0) is 9.59 Å². The van der Waals surface area contributed by atoms with E-state index in [-0.39, 0.29) is 41.4 Å². The number of piperidine rings is 1. The van der Waals surface area contributed by atoms with Crippen molar-refractivity contribution in [2.24, 2.45) is 11.8 Å². The van der Waals surface area contributed by atoms with Crippen molar-refractivity contribution in [3.05, 3.63) is 39.9 Å². The summed E-state index contributed by atoms with van der Waals surface area (Å²) in [7, 11) is 0. The average Bonchev–Trinajstić information content (AvgIpc) is 3.19. The molecule has 0 spiro atoms. The zero-order chi connectivity index (χ0) is 14.4. The van der Waals surface area contributed by atoms with Crippen LogP contribution in [0.1, 0.15) is 16.8 Å². The Hall–Kier alpha value is -2.57. The highest BCUT2D eigenvalue weighted by atomic mass is 16.6. The van der Waals surface area contributed by atoms with Gasteiger partial charge in [0.05, 0.1) is 23.3 Å². The molecule has 0 N–H and O–H groups in total. The largest absolute Gasteiger partial charge is 0.292 e. The number of likely N-dealkylation sites (tertiary alicyclic amines) is 1. The molecule has 0 radical (unpaired) electrons. The number of ketones is 1. The number of hydrogen-bond acceptors (Lipinski definition) is 5. The number of nitro benzene ring substituents is 1. The molecular weight excluding hydrogens is 264 g/mol. The Bertz CT molecular complexity index is 634. The van der Waals surface area contributed by atoms with Crippen molar-refractivity contribution >= 4 is 23.3 Å². The molecule has 2 amide bonds. The van der Waals surface area contributed by atoms with Gasteiger partial charge in [-0.25, -0.2) is 0 Å². The summed E-state index contributed by atoms with van der Waals surface area (Å²) in [5.41, 5.74) is -0.0712. The van der Waals surface area contributed by atoms with Gasteiger partial charge in [-0.1, -0.05) is 12.1 Å². The van der Waals surface area contributed by atoms with Gasteiger partial charge in [0, 0.05) is 17.7 Å². The van der Waals surface area contributed by atoms with Crippen LogP contribution < -0.4 is 0 Å². The molecule has 1 aromatic carbocycles. The molecule has 7 heteroatoms. The van der Waals surface area contributed by atoms with Gasteiger partial charge >= 0.3 is 0 Å². The highest BCUT2D eigenvalue weighted by Crippen LogP contribution is 2.46.